The van der Waals surface area contributed by atoms with Gasteiger partial charge in [-0.2, -0.15) is 0 Å². The van der Waals surface area contributed by atoms with Gasteiger partial charge in [0.1, 0.15) is 0 Å². The Bertz CT molecular complexity index is 72.6. The zero-order valence-corrected chi connectivity index (χ0v) is 8.15. The van der Waals surface area contributed by atoms with Gasteiger partial charge in [-0.15, -0.1) is 12.4 Å². The predicted octanol–water partition coefficient (Wildman–Crippen LogP) is 2.51. The molecule has 0 amide bonds. The minimum Gasteiger partial charge on any atom is -0.279 e. The van der Waals surface area contributed by atoms with Crippen LogP contribution in [-0.2, 0) is 0 Å². The van der Waals surface area contributed by atoms with Crippen molar-refractivity contribution in [1.29, 1.82) is 0 Å². The molecule has 0 fully saturated rings. The topological polar surface area (TPSA) is 3.24 Å². The first-order valence-electron chi connectivity index (χ1n) is 2.56. The first-order valence-corrected chi connectivity index (χ1v) is 3.31. The van der Waals surface area contributed by atoms with E-state index < -0.39 is 4.46 Å². The van der Waals surface area contributed by atoms with Crippen molar-refractivity contribution in [2.45, 2.75) is 17.8 Å². The molecule has 0 aromatic heterocycles. The first-order chi connectivity index (χ1) is 3.50. The van der Waals surface area contributed by atoms with Crippen molar-refractivity contribution >= 4 is 35.6 Å². The third-order valence-corrected chi connectivity index (χ3v) is 2.29. The highest BCUT2D eigenvalue weighted by molar-refractivity contribution is 6.47. The van der Waals surface area contributed by atoms with Crippen LogP contribution in [0.4, 0.5) is 0 Å². The molecule has 58 valence electrons. The summed E-state index contributed by atoms with van der Waals surface area (Å²) in [5.74, 6) is 0. The van der Waals surface area contributed by atoms with E-state index in [1.807, 2.05) is 21.0 Å². The molecule has 0 aliphatic rings. The van der Waals surface area contributed by atoms with Gasteiger partial charge in [0.15, 0.2) is 4.46 Å². The fourth-order valence-electron chi connectivity index (χ4n) is 0.316. The molecule has 0 aromatic rings. The molecule has 0 aliphatic heterocycles. The van der Waals surface area contributed by atoms with Gasteiger partial charge in [0.05, 0.1) is 0 Å². The van der Waals surface area contributed by atoms with Crippen molar-refractivity contribution in [3.05, 3.63) is 0 Å². The van der Waals surface area contributed by atoms with E-state index in [4.69, 9.17) is 23.2 Å². The van der Waals surface area contributed by atoms with Gasteiger partial charge in [-0.1, -0.05) is 30.1 Å². The van der Waals surface area contributed by atoms with Gasteiger partial charge >= 0.3 is 0 Å². The molecule has 1 nitrogen and oxygen atoms in total. The quantitative estimate of drug-likeness (QED) is 0.480. The van der Waals surface area contributed by atoms with Crippen LogP contribution >= 0.6 is 35.6 Å². The number of hydrogen-bond donors (Lipinski definition) is 0. The number of halogens is 3. The van der Waals surface area contributed by atoms with Crippen molar-refractivity contribution in [2.24, 2.45) is 0 Å². The third kappa shape index (κ3) is 4.26. The summed E-state index contributed by atoms with van der Waals surface area (Å²) in [6, 6.07) is 0. The summed E-state index contributed by atoms with van der Waals surface area (Å²) in [6.07, 6.45) is 0.739. The smallest absolute Gasteiger partial charge is 0.170 e. The number of alkyl halides is 2. The van der Waals surface area contributed by atoms with Gasteiger partial charge in [0.2, 0.25) is 0 Å². The van der Waals surface area contributed by atoms with E-state index in [2.05, 4.69) is 0 Å². The van der Waals surface area contributed by atoms with Crippen LogP contribution < -0.4 is 0 Å². The minimum absolute atomic E-state index is 0. The molecule has 4 heteroatoms. The molecule has 0 aromatic carbocycles. The highest BCUT2D eigenvalue weighted by Gasteiger charge is 2.22. The molecule has 0 bridgehead atoms. The van der Waals surface area contributed by atoms with Crippen LogP contribution in [0.15, 0.2) is 0 Å². The Morgan fingerprint density at radius 3 is 1.67 bits per heavy atom. The Hall–Kier alpha value is 0.830. The van der Waals surface area contributed by atoms with Crippen LogP contribution in [0, 0.1) is 0 Å². The Morgan fingerprint density at radius 1 is 1.33 bits per heavy atom. The zero-order chi connectivity index (χ0) is 6.78. The molecule has 0 aliphatic carbocycles. The van der Waals surface area contributed by atoms with Crippen LogP contribution in [-0.4, -0.2) is 23.5 Å². The summed E-state index contributed by atoms with van der Waals surface area (Å²) in [4.78, 5) is 1.77. The maximum Gasteiger partial charge on any atom is 0.170 e. The molecule has 0 atom stereocenters. The second kappa shape index (κ2) is 4.62. The molecule has 0 rings (SSSR count). The summed E-state index contributed by atoms with van der Waals surface area (Å²) in [5, 5.41) is 0. The Kier molecular flexibility index (Phi) is 6.41. The summed E-state index contributed by atoms with van der Waals surface area (Å²) >= 11 is 11.5. The normalized spacial score (nSPS) is 11.3. The summed E-state index contributed by atoms with van der Waals surface area (Å²) < 4.78 is -0.681. The summed E-state index contributed by atoms with van der Waals surface area (Å²) in [6.45, 7) is 1.94. The van der Waals surface area contributed by atoms with Crippen molar-refractivity contribution in [3.8, 4) is 0 Å². The molecule has 0 saturated carbocycles. The lowest BCUT2D eigenvalue weighted by Crippen LogP contribution is -2.31. The molecule has 0 N–H and O–H groups in total. The Labute approximate surface area is 72.7 Å². The maximum absolute atomic E-state index is 5.75. The molecule has 9 heavy (non-hydrogen) atoms. The lowest BCUT2D eigenvalue weighted by Gasteiger charge is -2.25. The highest BCUT2D eigenvalue weighted by atomic mass is 35.5. The predicted molar refractivity (Wildman–Crippen MR) is 45.7 cm³/mol. The van der Waals surface area contributed by atoms with E-state index in [0.717, 1.165) is 6.42 Å². The van der Waals surface area contributed by atoms with Gasteiger partial charge in [-0.25, -0.2) is 0 Å². The van der Waals surface area contributed by atoms with E-state index in [0.29, 0.717) is 0 Å². The highest BCUT2D eigenvalue weighted by Crippen LogP contribution is 2.26. The molecular weight excluding hydrogens is 180 g/mol. The Morgan fingerprint density at radius 2 is 1.67 bits per heavy atom. The van der Waals surface area contributed by atoms with E-state index in [1.54, 1.807) is 4.90 Å². The van der Waals surface area contributed by atoms with Crippen molar-refractivity contribution < 1.29 is 0 Å². The fourth-order valence-corrected chi connectivity index (χ4v) is 0.316. The van der Waals surface area contributed by atoms with Crippen molar-refractivity contribution in [2.75, 3.05) is 14.1 Å². The van der Waals surface area contributed by atoms with E-state index in [-0.39, 0.29) is 12.4 Å². The standard InChI is InChI=1S/C5H11Cl2N.ClH/c1-4-5(6,7)8(2)3;/h4H2,1-3H3;1H. The van der Waals surface area contributed by atoms with Gasteiger partial charge in [-0.05, 0) is 20.5 Å². The molecule has 0 radical (unpaired) electrons. The van der Waals surface area contributed by atoms with Crippen LogP contribution in [0.2, 0.25) is 0 Å². The van der Waals surface area contributed by atoms with Crippen molar-refractivity contribution in [3.63, 3.8) is 0 Å². The average Bonchev–Trinajstić information content (AvgIpc) is 1.67. The van der Waals surface area contributed by atoms with Crippen LogP contribution in [0.3, 0.4) is 0 Å². The van der Waals surface area contributed by atoms with Gasteiger partial charge in [-0.3, -0.25) is 4.90 Å². The second-order valence-electron chi connectivity index (χ2n) is 1.91. The van der Waals surface area contributed by atoms with E-state index in [9.17, 15) is 0 Å². The zero-order valence-electron chi connectivity index (χ0n) is 5.82. The van der Waals surface area contributed by atoms with Crippen molar-refractivity contribution in [1.82, 2.24) is 4.90 Å². The Balaban J connectivity index is 0. The summed E-state index contributed by atoms with van der Waals surface area (Å²) in [5.41, 5.74) is 0. The SMILES string of the molecule is CCC(Cl)(Cl)N(C)C.Cl. The van der Waals surface area contributed by atoms with E-state index in [1.165, 1.54) is 0 Å². The van der Waals surface area contributed by atoms with Gasteiger partial charge < -0.3 is 0 Å². The monoisotopic (exact) mass is 191 g/mol. The number of nitrogens with zero attached hydrogens (tertiary/aromatic N) is 1. The van der Waals surface area contributed by atoms with Crippen LogP contribution in [0.5, 0.6) is 0 Å². The number of rotatable bonds is 2. The third-order valence-electron chi connectivity index (χ3n) is 1.08. The lowest BCUT2D eigenvalue weighted by atomic mass is 10.4. The lowest BCUT2D eigenvalue weighted by molar-refractivity contribution is 0.329. The van der Waals surface area contributed by atoms with Crippen LogP contribution in [0.1, 0.15) is 13.3 Å². The minimum atomic E-state index is -0.681. The summed E-state index contributed by atoms with van der Waals surface area (Å²) in [7, 11) is 3.70. The fraction of sp³-hybridized carbons (Fsp3) is 1.00. The molecule has 0 saturated heterocycles. The average molecular weight is 193 g/mol. The molecule has 0 spiro atoms. The molecular formula is C5H12Cl3N. The van der Waals surface area contributed by atoms with E-state index >= 15 is 0 Å². The van der Waals surface area contributed by atoms with Gasteiger partial charge in [0, 0.05) is 0 Å². The molecule has 0 heterocycles. The molecule has 0 unspecified atom stereocenters. The number of hydrogen-bond acceptors (Lipinski definition) is 1. The van der Waals surface area contributed by atoms with Gasteiger partial charge in [0.25, 0.3) is 0 Å². The van der Waals surface area contributed by atoms with Crippen LogP contribution in [0.25, 0.3) is 0 Å². The largest absolute Gasteiger partial charge is 0.279 e. The first kappa shape index (κ1) is 12.5. The second-order valence-corrected chi connectivity index (χ2v) is 3.36. The maximum atomic E-state index is 5.75.